The van der Waals surface area contributed by atoms with Gasteiger partial charge in [0.1, 0.15) is 0 Å². The molecule has 5 heteroatoms. The van der Waals surface area contributed by atoms with Crippen LogP contribution in [0.2, 0.25) is 0 Å². The normalized spacial score (nSPS) is 28.6. The van der Waals surface area contributed by atoms with Gasteiger partial charge < -0.3 is 20.5 Å². The highest BCUT2D eigenvalue weighted by Gasteiger charge is 2.49. The number of carbonyl (C=O) groups excluding carboxylic acids is 1. The molecule has 2 fully saturated rings. The lowest BCUT2D eigenvalue weighted by Crippen LogP contribution is -2.45. The van der Waals surface area contributed by atoms with E-state index in [9.17, 15) is 4.79 Å². The Hall–Kier alpha value is -1.75. The average molecular weight is 346 g/mol. The van der Waals surface area contributed by atoms with Gasteiger partial charge in [0.2, 0.25) is 5.91 Å². The fourth-order valence-electron chi connectivity index (χ4n) is 4.45. The van der Waals surface area contributed by atoms with Crippen molar-refractivity contribution in [1.82, 2.24) is 5.32 Å². The van der Waals surface area contributed by atoms with Crippen molar-refractivity contribution >= 4 is 5.91 Å². The summed E-state index contributed by atoms with van der Waals surface area (Å²) in [5, 5.41) is 3.16. The Balaban J connectivity index is 1.69. The number of carbonyl (C=O) groups is 1. The number of hydrogen-bond donors (Lipinski definition) is 2. The molecule has 1 aromatic carbocycles. The quantitative estimate of drug-likeness (QED) is 0.796. The fourth-order valence-corrected chi connectivity index (χ4v) is 4.45. The lowest BCUT2D eigenvalue weighted by atomic mass is 9.84. The van der Waals surface area contributed by atoms with E-state index < -0.39 is 0 Å². The van der Waals surface area contributed by atoms with Crippen molar-refractivity contribution < 1.29 is 14.3 Å². The molecular weight excluding hydrogens is 316 g/mol. The van der Waals surface area contributed by atoms with Gasteiger partial charge in [0, 0.05) is 6.04 Å². The van der Waals surface area contributed by atoms with E-state index in [-0.39, 0.29) is 23.9 Å². The number of amides is 1. The molecule has 0 saturated heterocycles. The predicted molar refractivity (Wildman–Crippen MR) is 97.6 cm³/mol. The molecule has 25 heavy (non-hydrogen) atoms. The number of fused-ring (bicyclic) bond motifs is 2. The second-order valence-electron chi connectivity index (χ2n) is 7.24. The minimum absolute atomic E-state index is 0.0188. The smallest absolute Gasteiger partial charge is 0.225 e. The van der Waals surface area contributed by atoms with Gasteiger partial charge in [-0.2, -0.15) is 0 Å². The maximum absolute atomic E-state index is 12.8. The SMILES string of the molecule is CCOc1ccc(C(C)NC(=O)C2C3CCC(C3)C2N)cc1OCC. The highest BCUT2D eigenvalue weighted by molar-refractivity contribution is 5.81. The summed E-state index contributed by atoms with van der Waals surface area (Å²) in [6.45, 7) is 7.06. The number of nitrogens with one attached hydrogen (secondary N) is 1. The number of ether oxygens (including phenoxy) is 2. The summed E-state index contributed by atoms with van der Waals surface area (Å²) in [6, 6.07) is 5.79. The first kappa shape index (κ1) is 18.1. The van der Waals surface area contributed by atoms with Crippen molar-refractivity contribution in [3.63, 3.8) is 0 Å². The van der Waals surface area contributed by atoms with Gasteiger partial charge >= 0.3 is 0 Å². The summed E-state index contributed by atoms with van der Waals surface area (Å²) in [6.07, 6.45) is 3.44. The number of nitrogens with two attached hydrogens (primary N) is 1. The van der Waals surface area contributed by atoms with Gasteiger partial charge in [0.15, 0.2) is 11.5 Å². The largest absolute Gasteiger partial charge is 0.490 e. The van der Waals surface area contributed by atoms with Crippen LogP contribution < -0.4 is 20.5 Å². The maximum Gasteiger partial charge on any atom is 0.225 e. The average Bonchev–Trinajstić information content (AvgIpc) is 3.17. The first-order valence-electron chi connectivity index (χ1n) is 9.50. The third kappa shape index (κ3) is 3.61. The van der Waals surface area contributed by atoms with Gasteiger partial charge in [0.05, 0.1) is 25.2 Å². The van der Waals surface area contributed by atoms with Crippen molar-refractivity contribution in [3.05, 3.63) is 23.8 Å². The monoisotopic (exact) mass is 346 g/mol. The van der Waals surface area contributed by atoms with Crippen LogP contribution in [0.25, 0.3) is 0 Å². The molecular formula is C20H30N2O3. The Labute approximate surface area is 150 Å². The topological polar surface area (TPSA) is 73.6 Å². The Morgan fingerprint density at radius 2 is 1.88 bits per heavy atom. The zero-order valence-corrected chi connectivity index (χ0v) is 15.5. The predicted octanol–water partition coefficient (Wildman–Crippen LogP) is 3.03. The van der Waals surface area contributed by atoms with Crippen LogP contribution in [0.5, 0.6) is 11.5 Å². The molecule has 0 heterocycles. The minimum Gasteiger partial charge on any atom is -0.490 e. The Kier molecular flexibility index (Phi) is 5.52. The molecule has 138 valence electrons. The molecule has 1 aromatic rings. The van der Waals surface area contributed by atoms with Gasteiger partial charge in [-0.25, -0.2) is 0 Å². The molecule has 5 nitrogen and oxygen atoms in total. The summed E-state index contributed by atoms with van der Waals surface area (Å²) < 4.78 is 11.3. The molecule has 2 saturated carbocycles. The van der Waals surface area contributed by atoms with E-state index in [4.69, 9.17) is 15.2 Å². The first-order chi connectivity index (χ1) is 12.0. The van der Waals surface area contributed by atoms with E-state index in [2.05, 4.69) is 5.32 Å². The van der Waals surface area contributed by atoms with Crippen molar-refractivity contribution in [2.45, 2.75) is 52.1 Å². The molecule has 5 unspecified atom stereocenters. The van der Waals surface area contributed by atoms with Gasteiger partial charge in [-0.05, 0) is 69.6 Å². The number of benzene rings is 1. The zero-order valence-electron chi connectivity index (χ0n) is 15.5. The molecule has 3 N–H and O–H groups in total. The minimum atomic E-state index is -0.0892. The van der Waals surface area contributed by atoms with Crippen LogP contribution in [0.1, 0.15) is 51.6 Å². The van der Waals surface area contributed by atoms with Crippen molar-refractivity contribution in [2.24, 2.45) is 23.5 Å². The van der Waals surface area contributed by atoms with Crippen molar-refractivity contribution in [2.75, 3.05) is 13.2 Å². The van der Waals surface area contributed by atoms with E-state index in [0.29, 0.717) is 25.0 Å². The number of rotatable bonds is 7. The summed E-state index contributed by atoms with van der Waals surface area (Å²) in [7, 11) is 0. The Morgan fingerprint density at radius 3 is 2.52 bits per heavy atom. The molecule has 1 amide bonds. The van der Waals surface area contributed by atoms with Crippen LogP contribution in [0.15, 0.2) is 18.2 Å². The molecule has 2 aliphatic rings. The molecule has 0 radical (unpaired) electrons. The highest BCUT2D eigenvalue weighted by Crippen LogP contribution is 2.47. The molecule has 0 spiro atoms. The van der Waals surface area contributed by atoms with Crippen LogP contribution in [0.4, 0.5) is 0 Å². The van der Waals surface area contributed by atoms with Gasteiger partial charge in [-0.3, -0.25) is 4.79 Å². The van der Waals surface area contributed by atoms with E-state index in [0.717, 1.165) is 29.9 Å². The fraction of sp³-hybridized carbons (Fsp3) is 0.650. The van der Waals surface area contributed by atoms with Gasteiger partial charge in [-0.1, -0.05) is 6.07 Å². The van der Waals surface area contributed by atoms with E-state index in [1.54, 1.807) is 0 Å². The van der Waals surface area contributed by atoms with Crippen LogP contribution in [0, 0.1) is 17.8 Å². The highest BCUT2D eigenvalue weighted by atomic mass is 16.5. The van der Waals surface area contributed by atoms with Crippen LogP contribution in [0.3, 0.4) is 0 Å². The first-order valence-corrected chi connectivity index (χ1v) is 9.50. The Morgan fingerprint density at radius 1 is 1.20 bits per heavy atom. The lowest BCUT2D eigenvalue weighted by molar-refractivity contribution is -0.127. The second kappa shape index (κ2) is 7.65. The van der Waals surface area contributed by atoms with Crippen LogP contribution in [-0.2, 0) is 4.79 Å². The Bertz CT molecular complexity index is 617. The zero-order chi connectivity index (χ0) is 18.0. The van der Waals surface area contributed by atoms with E-state index in [1.165, 1.54) is 6.42 Å². The van der Waals surface area contributed by atoms with Crippen LogP contribution in [-0.4, -0.2) is 25.2 Å². The standard InChI is InChI=1S/C20H30N2O3/c1-4-24-16-9-8-13(11-17(16)25-5-2)12(3)22-20(23)18-14-6-7-15(10-14)19(18)21/h8-9,11-12,14-15,18-19H,4-7,10,21H2,1-3H3,(H,22,23). The van der Waals surface area contributed by atoms with Crippen LogP contribution >= 0.6 is 0 Å². The molecule has 5 atom stereocenters. The van der Waals surface area contributed by atoms with Gasteiger partial charge in [0.25, 0.3) is 0 Å². The molecule has 2 aliphatic carbocycles. The van der Waals surface area contributed by atoms with Gasteiger partial charge in [-0.15, -0.1) is 0 Å². The molecule has 3 rings (SSSR count). The molecule has 0 aliphatic heterocycles. The summed E-state index contributed by atoms with van der Waals surface area (Å²) >= 11 is 0. The maximum atomic E-state index is 12.8. The third-order valence-corrected chi connectivity index (χ3v) is 5.71. The summed E-state index contributed by atoms with van der Waals surface area (Å²) in [5.74, 6) is 2.52. The summed E-state index contributed by atoms with van der Waals surface area (Å²) in [5.41, 5.74) is 7.31. The molecule has 0 aromatic heterocycles. The van der Waals surface area contributed by atoms with E-state index in [1.807, 2.05) is 39.0 Å². The summed E-state index contributed by atoms with van der Waals surface area (Å²) in [4.78, 5) is 12.8. The van der Waals surface area contributed by atoms with E-state index >= 15 is 0 Å². The third-order valence-electron chi connectivity index (χ3n) is 5.71. The second-order valence-corrected chi connectivity index (χ2v) is 7.24. The number of hydrogen-bond acceptors (Lipinski definition) is 4. The van der Waals surface area contributed by atoms with Crippen molar-refractivity contribution in [1.29, 1.82) is 0 Å². The lowest BCUT2D eigenvalue weighted by Gasteiger charge is -2.28. The van der Waals surface area contributed by atoms with Crippen molar-refractivity contribution in [3.8, 4) is 11.5 Å². The molecule has 2 bridgehead atoms.